The Morgan fingerprint density at radius 1 is 1.03 bits per heavy atom. The fraction of sp³-hybridized carbons (Fsp3) is 0.375. The molecule has 0 atom stereocenters. The maximum Gasteiger partial charge on any atom is 0.228 e. The number of nitrogens with zero attached hydrogens (tertiary/aromatic N) is 4. The highest BCUT2D eigenvalue weighted by Gasteiger charge is 2.49. The van der Waals surface area contributed by atoms with Gasteiger partial charge in [0.15, 0.2) is 11.6 Å². The van der Waals surface area contributed by atoms with Gasteiger partial charge in [0.05, 0.1) is 5.69 Å². The first-order chi connectivity index (χ1) is 14.7. The van der Waals surface area contributed by atoms with E-state index in [9.17, 15) is 9.18 Å². The number of hydrogen-bond donors (Lipinski definition) is 0. The van der Waals surface area contributed by atoms with E-state index < -0.39 is 0 Å². The second kappa shape index (κ2) is 7.76. The van der Waals surface area contributed by atoms with E-state index in [1.165, 1.54) is 17.7 Å². The van der Waals surface area contributed by atoms with E-state index in [2.05, 4.69) is 39.9 Å². The Balaban J connectivity index is 1.21. The van der Waals surface area contributed by atoms with Gasteiger partial charge in [0.1, 0.15) is 5.82 Å². The van der Waals surface area contributed by atoms with Gasteiger partial charge in [0, 0.05) is 32.1 Å². The quantitative estimate of drug-likeness (QED) is 0.462. The van der Waals surface area contributed by atoms with Crippen LogP contribution in [0.2, 0.25) is 0 Å². The zero-order valence-electron chi connectivity index (χ0n) is 17.3. The number of anilines is 1. The summed E-state index contributed by atoms with van der Waals surface area (Å²) in [7, 11) is 0. The summed E-state index contributed by atoms with van der Waals surface area (Å²) in [4.78, 5) is 17.2. The van der Waals surface area contributed by atoms with Crippen molar-refractivity contribution < 1.29 is 9.18 Å². The highest BCUT2D eigenvalue weighted by atomic mass is 19.1. The van der Waals surface area contributed by atoms with Crippen molar-refractivity contribution in [3.63, 3.8) is 0 Å². The molecule has 1 amide bonds. The summed E-state index contributed by atoms with van der Waals surface area (Å²) in [5.74, 6) is 2.07. The second-order valence-electron chi connectivity index (χ2n) is 8.17. The van der Waals surface area contributed by atoms with Crippen LogP contribution in [0, 0.1) is 5.82 Å². The van der Waals surface area contributed by atoms with Gasteiger partial charge in [0.2, 0.25) is 5.91 Å². The lowest BCUT2D eigenvalue weighted by molar-refractivity contribution is -0.119. The van der Waals surface area contributed by atoms with Crippen LogP contribution in [0.15, 0.2) is 54.6 Å². The zero-order valence-corrected chi connectivity index (χ0v) is 17.3. The number of carbonyl (C=O) groups excluding carboxylic acids is 1. The van der Waals surface area contributed by atoms with E-state index in [0.29, 0.717) is 6.42 Å². The van der Waals surface area contributed by atoms with Crippen molar-refractivity contribution in [3.8, 4) is 11.5 Å². The van der Waals surface area contributed by atoms with E-state index in [1.807, 2.05) is 16.5 Å². The smallest absolute Gasteiger partial charge is 0.228 e. The lowest BCUT2D eigenvalue weighted by Gasteiger charge is -2.37. The average molecular weight is 407 g/mol. The first-order valence-electron chi connectivity index (χ1n) is 10.9. The van der Waals surface area contributed by atoms with Crippen molar-refractivity contribution in [3.05, 3.63) is 66.0 Å². The van der Waals surface area contributed by atoms with Crippen LogP contribution >= 0.6 is 0 Å². The number of carbonyl (C=O) groups is 1. The van der Waals surface area contributed by atoms with Crippen molar-refractivity contribution >= 4 is 11.7 Å². The summed E-state index contributed by atoms with van der Waals surface area (Å²) in [6, 6.07) is 17.3. The fourth-order valence-electron chi connectivity index (χ4n) is 4.46. The van der Waals surface area contributed by atoms with Crippen LogP contribution in [0.5, 0.6) is 0 Å². The molecule has 0 unspecified atom stereocenters. The van der Waals surface area contributed by atoms with Crippen LogP contribution in [0.1, 0.15) is 31.7 Å². The molecule has 30 heavy (non-hydrogen) atoms. The highest BCUT2D eigenvalue weighted by molar-refractivity contribution is 6.00. The molecule has 5 nitrogen and oxygen atoms in total. The number of piperidine rings is 1. The molecule has 0 spiro atoms. The maximum atomic E-state index is 13.2. The van der Waals surface area contributed by atoms with Gasteiger partial charge >= 0.3 is 0 Å². The second-order valence-corrected chi connectivity index (χ2v) is 8.17. The first kappa shape index (κ1) is 19.1. The number of halogens is 1. The summed E-state index contributed by atoms with van der Waals surface area (Å²) in [6.45, 7) is 5.04. The Kier molecular flexibility index (Phi) is 4.95. The predicted molar refractivity (Wildman–Crippen MR) is 116 cm³/mol. The van der Waals surface area contributed by atoms with Crippen LogP contribution in [-0.4, -0.2) is 45.8 Å². The Labute approximate surface area is 176 Å². The molecule has 0 radical (unpaired) electrons. The topological polar surface area (TPSA) is 33.4 Å². The first-order valence-corrected chi connectivity index (χ1v) is 10.9. The minimum atomic E-state index is -0.236. The third kappa shape index (κ3) is 3.56. The number of aromatic nitrogens is 2. The summed E-state index contributed by atoms with van der Waals surface area (Å²) in [6.07, 6.45) is 3.58. The minimum absolute atomic E-state index is 0.187. The Morgan fingerprint density at radius 3 is 2.33 bits per heavy atom. The summed E-state index contributed by atoms with van der Waals surface area (Å²) < 4.78 is 17.2. The molecule has 6 heteroatoms. The number of likely N-dealkylation sites (tertiary alicyclic amines) is 1. The van der Waals surface area contributed by atoms with Gasteiger partial charge in [-0.3, -0.25) is 9.69 Å². The molecule has 0 N–H and O–H groups in total. The van der Waals surface area contributed by atoms with Crippen molar-refractivity contribution in [2.75, 3.05) is 24.5 Å². The van der Waals surface area contributed by atoms with Crippen molar-refractivity contribution in [1.29, 1.82) is 0 Å². The molecule has 0 bridgehead atoms. The molecule has 0 aromatic heterocycles. The molecule has 156 valence electrons. The molecule has 0 aliphatic carbocycles. The van der Waals surface area contributed by atoms with Crippen LogP contribution in [0.4, 0.5) is 10.2 Å². The molecule has 3 aliphatic heterocycles. The molecule has 3 aliphatic rings. The third-order valence-corrected chi connectivity index (χ3v) is 6.26. The summed E-state index contributed by atoms with van der Waals surface area (Å²) in [5, 5.41) is 0. The molecule has 1 saturated heterocycles. The Morgan fingerprint density at radius 2 is 1.70 bits per heavy atom. The van der Waals surface area contributed by atoms with Gasteiger partial charge in [-0.2, -0.15) is 0 Å². The minimum Gasteiger partial charge on any atom is -0.303 e. The van der Waals surface area contributed by atoms with Crippen LogP contribution in [-0.2, 0) is 11.2 Å². The summed E-state index contributed by atoms with van der Waals surface area (Å²) >= 11 is 0. The van der Waals surface area contributed by atoms with Gasteiger partial charge in [-0.05, 0) is 49.1 Å². The average Bonchev–Trinajstić information content (AvgIpc) is 3.70. The number of hydrogen-bond acceptors (Lipinski definition) is 2. The van der Waals surface area contributed by atoms with Crippen molar-refractivity contribution in [1.82, 2.24) is 14.3 Å². The normalized spacial score (nSPS) is 16.1. The SMILES string of the molecule is CCC(=O)N(c1c2n(-c3ccc(F)cc3)n1-2)C1CCN(CCc2ccccc2)CC1. The van der Waals surface area contributed by atoms with Gasteiger partial charge in [0.25, 0.3) is 0 Å². The van der Waals surface area contributed by atoms with E-state index in [0.717, 1.165) is 56.2 Å². The lowest BCUT2D eigenvalue weighted by Crippen LogP contribution is -2.47. The van der Waals surface area contributed by atoms with Gasteiger partial charge in [-0.25, -0.2) is 13.8 Å². The highest BCUT2D eigenvalue weighted by Crippen LogP contribution is 2.51. The third-order valence-electron chi connectivity index (χ3n) is 6.26. The van der Waals surface area contributed by atoms with Crippen molar-refractivity contribution in [2.24, 2.45) is 0 Å². The Bertz CT molecular complexity index is 1010. The zero-order chi connectivity index (χ0) is 20.7. The van der Waals surface area contributed by atoms with Crippen LogP contribution in [0.25, 0.3) is 11.5 Å². The van der Waals surface area contributed by atoms with Crippen LogP contribution in [0.3, 0.4) is 0 Å². The predicted octanol–water partition coefficient (Wildman–Crippen LogP) is 4.17. The molecule has 1 fully saturated rings. The van der Waals surface area contributed by atoms with Gasteiger partial charge < -0.3 is 4.90 Å². The van der Waals surface area contributed by atoms with Crippen molar-refractivity contribution in [2.45, 2.75) is 38.6 Å². The molecule has 5 rings (SSSR count). The molecule has 3 heterocycles. The monoisotopic (exact) mass is 406 g/mol. The van der Waals surface area contributed by atoms with E-state index in [1.54, 1.807) is 12.1 Å². The number of benzene rings is 2. The Hall–Kier alpha value is -2.86. The van der Waals surface area contributed by atoms with Crippen LogP contribution < -0.4 is 4.90 Å². The lowest BCUT2D eigenvalue weighted by atomic mass is 10.0. The number of rotatable bonds is 7. The van der Waals surface area contributed by atoms with Gasteiger partial charge in [-0.1, -0.05) is 37.3 Å². The number of amides is 1. The largest absolute Gasteiger partial charge is 0.303 e. The maximum absolute atomic E-state index is 13.2. The summed E-state index contributed by atoms with van der Waals surface area (Å²) in [5.41, 5.74) is 2.32. The van der Waals surface area contributed by atoms with Gasteiger partial charge in [-0.15, -0.1) is 0 Å². The van der Waals surface area contributed by atoms with E-state index >= 15 is 0 Å². The standard InChI is InChI=1S/C24H27FN4O/c1-2-22(30)27(23-24-28(29(23)24)21-10-8-19(25)9-11-21)20-13-16-26(17-14-20)15-12-18-6-4-3-5-7-18/h3-11,20H,2,12-17H2,1H3. The molecular weight excluding hydrogens is 379 g/mol. The molecule has 2 aromatic rings. The van der Waals surface area contributed by atoms with E-state index in [-0.39, 0.29) is 17.8 Å². The van der Waals surface area contributed by atoms with E-state index in [4.69, 9.17) is 0 Å². The molecule has 2 aromatic carbocycles. The molecular formula is C24H27FN4O. The number of fused-ring (bicyclic) bond motifs is 1. The fourth-order valence-corrected chi connectivity index (χ4v) is 4.46. The molecule has 0 saturated carbocycles.